The van der Waals surface area contributed by atoms with Crippen LogP contribution >= 0.6 is 69.6 Å². The highest BCUT2D eigenvalue weighted by atomic mass is 35.5. The normalized spacial score (nSPS) is 29.7. The molecule has 10 heteroatoms. The van der Waals surface area contributed by atoms with Crippen molar-refractivity contribution in [2.75, 3.05) is 14.2 Å². The Morgan fingerprint density at radius 1 is 0.917 bits per heavy atom. The minimum atomic E-state index is -2.02. The van der Waals surface area contributed by atoms with E-state index in [4.69, 9.17) is 69.6 Å². The average Bonchev–Trinajstić information content (AvgIpc) is 2.58. The first-order chi connectivity index (χ1) is 11.1. The van der Waals surface area contributed by atoms with Crippen molar-refractivity contribution in [1.82, 2.24) is 0 Å². The van der Waals surface area contributed by atoms with E-state index < -0.39 is 21.7 Å². The fraction of sp³-hybridized carbons (Fsp3) is 0.286. The van der Waals surface area contributed by atoms with Gasteiger partial charge < -0.3 is 9.47 Å². The molecule has 0 bridgehead atoms. The number of halogens is 6. The molecule has 2 aliphatic rings. The number of carbonyl (C=O) groups excluding carboxylic acids is 2. The topological polar surface area (TPSA) is 52.6 Å². The summed E-state index contributed by atoms with van der Waals surface area (Å²) in [6, 6.07) is 0. The maximum absolute atomic E-state index is 12.1. The van der Waals surface area contributed by atoms with E-state index >= 15 is 0 Å². The Balaban J connectivity index is 2.80. The highest BCUT2D eigenvalue weighted by Crippen LogP contribution is 2.55. The first-order valence-electron chi connectivity index (χ1n) is 6.18. The van der Waals surface area contributed by atoms with Gasteiger partial charge in [-0.25, -0.2) is 9.59 Å². The van der Waals surface area contributed by atoms with Crippen LogP contribution in [0.15, 0.2) is 43.4 Å². The number of hydrogen-bond donors (Lipinski definition) is 0. The van der Waals surface area contributed by atoms with Gasteiger partial charge in [0.15, 0.2) is 4.87 Å². The number of fused-ring (bicyclic) bond motifs is 1. The summed E-state index contributed by atoms with van der Waals surface area (Å²) in [6.45, 7) is 0. The minimum Gasteiger partial charge on any atom is -0.467 e. The minimum absolute atomic E-state index is 0.0800. The molecule has 2 aliphatic carbocycles. The van der Waals surface area contributed by atoms with Crippen LogP contribution in [0.25, 0.3) is 0 Å². The molecule has 2 rings (SSSR count). The molecule has 0 spiro atoms. The van der Waals surface area contributed by atoms with Crippen LogP contribution in [0.2, 0.25) is 0 Å². The quantitative estimate of drug-likeness (QED) is 0.455. The predicted molar refractivity (Wildman–Crippen MR) is 94.8 cm³/mol. The lowest BCUT2D eigenvalue weighted by Gasteiger charge is -2.35. The van der Waals surface area contributed by atoms with Crippen molar-refractivity contribution in [2.45, 2.75) is 9.75 Å². The van der Waals surface area contributed by atoms with Gasteiger partial charge in [0.05, 0.1) is 34.3 Å². The maximum atomic E-state index is 12.1. The number of methoxy groups -OCH3 is 2. The van der Waals surface area contributed by atoms with Gasteiger partial charge in [0.25, 0.3) is 0 Å². The Morgan fingerprint density at radius 3 is 1.96 bits per heavy atom. The number of carbonyl (C=O) groups is 2. The Labute approximate surface area is 167 Å². The van der Waals surface area contributed by atoms with Crippen molar-refractivity contribution in [3.05, 3.63) is 43.4 Å². The molecule has 0 saturated heterocycles. The third kappa shape index (κ3) is 2.59. The van der Waals surface area contributed by atoms with E-state index in [1.807, 2.05) is 0 Å². The van der Waals surface area contributed by atoms with Crippen LogP contribution in [0.5, 0.6) is 0 Å². The molecule has 24 heavy (non-hydrogen) atoms. The largest absolute Gasteiger partial charge is 0.467 e. The second-order valence-corrected chi connectivity index (χ2v) is 7.41. The third-order valence-electron chi connectivity index (χ3n) is 3.49. The monoisotopic (exact) mass is 450 g/mol. The number of hydrogen-bond acceptors (Lipinski definition) is 4. The molecule has 0 saturated carbocycles. The smallest absolute Gasteiger partial charge is 0.338 e. The standard InChI is InChI=1S/C14H8Cl6O4/c1-23-11(21)13(19)4-3-5-6(9(13)17)7(15)10(18)14(20,8(5)16)12(22)24-2/h3-4H,1-2H3. The van der Waals surface area contributed by atoms with Crippen LogP contribution in [0, 0.1) is 0 Å². The second kappa shape index (κ2) is 6.75. The van der Waals surface area contributed by atoms with E-state index in [1.54, 1.807) is 0 Å². The van der Waals surface area contributed by atoms with Crippen LogP contribution in [0.3, 0.4) is 0 Å². The van der Waals surface area contributed by atoms with Crippen LogP contribution < -0.4 is 0 Å². The van der Waals surface area contributed by atoms with Crippen LogP contribution in [0.1, 0.15) is 0 Å². The fourth-order valence-corrected chi connectivity index (χ4v) is 4.14. The van der Waals surface area contributed by atoms with Gasteiger partial charge in [-0.15, -0.1) is 0 Å². The molecule has 0 fully saturated rings. The van der Waals surface area contributed by atoms with Crippen molar-refractivity contribution in [3.63, 3.8) is 0 Å². The number of ether oxygens (including phenoxy) is 2. The zero-order chi connectivity index (χ0) is 18.4. The summed E-state index contributed by atoms with van der Waals surface area (Å²) in [7, 11) is 2.27. The zero-order valence-electron chi connectivity index (χ0n) is 12.1. The van der Waals surface area contributed by atoms with Gasteiger partial charge in [0, 0.05) is 11.1 Å². The SMILES string of the molecule is COC(=O)C1(Cl)C=CC2=C(Cl)C(Cl)(C(=O)OC)C(Cl)=C(Cl)C2=C1Cl. The Hall–Kier alpha value is -0.360. The van der Waals surface area contributed by atoms with Crippen molar-refractivity contribution in [1.29, 1.82) is 0 Å². The van der Waals surface area contributed by atoms with Gasteiger partial charge in [-0.1, -0.05) is 75.7 Å². The maximum Gasteiger partial charge on any atom is 0.338 e. The molecular weight excluding hydrogens is 445 g/mol. The van der Waals surface area contributed by atoms with E-state index in [2.05, 4.69) is 9.47 Å². The molecule has 0 aromatic rings. The van der Waals surface area contributed by atoms with Gasteiger partial charge in [-0.05, 0) is 6.08 Å². The molecule has 130 valence electrons. The van der Waals surface area contributed by atoms with Gasteiger partial charge in [0.2, 0.25) is 4.87 Å². The second-order valence-electron chi connectivity index (χ2n) is 4.73. The molecule has 2 unspecified atom stereocenters. The average molecular weight is 453 g/mol. The lowest BCUT2D eigenvalue weighted by atomic mass is 9.84. The van der Waals surface area contributed by atoms with Gasteiger partial charge in [0.1, 0.15) is 0 Å². The number of allylic oxidation sites excluding steroid dienone is 4. The van der Waals surface area contributed by atoms with Crippen molar-refractivity contribution in [2.24, 2.45) is 0 Å². The van der Waals surface area contributed by atoms with Gasteiger partial charge in [-0.3, -0.25) is 0 Å². The summed E-state index contributed by atoms with van der Waals surface area (Å²) in [5, 5.41) is -0.865. The Kier molecular flexibility index (Phi) is 5.61. The molecule has 0 heterocycles. The van der Waals surface area contributed by atoms with E-state index in [0.717, 1.165) is 14.2 Å². The highest BCUT2D eigenvalue weighted by Gasteiger charge is 2.53. The molecule has 0 aromatic heterocycles. The lowest BCUT2D eigenvalue weighted by Crippen LogP contribution is -2.40. The summed E-state index contributed by atoms with van der Waals surface area (Å²) in [6.07, 6.45) is 2.61. The molecule has 0 N–H and O–H groups in total. The third-order valence-corrected chi connectivity index (χ3v) is 6.70. The predicted octanol–water partition coefficient (Wildman–Crippen LogP) is 4.55. The number of alkyl halides is 2. The summed E-state index contributed by atoms with van der Waals surface area (Å²) in [5.74, 6) is -1.76. The number of rotatable bonds is 2. The molecular formula is C14H8Cl6O4. The molecule has 0 amide bonds. The lowest BCUT2D eigenvalue weighted by molar-refractivity contribution is -0.142. The molecule has 0 aromatic carbocycles. The summed E-state index contributed by atoms with van der Waals surface area (Å²) >= 11 is 37.5. The van der Waals surface area contributed by atoms with Crippen LogP contribution in [0.4, 0.5) is 0 Å². The van der Waals surface area contributed by atoms with Gasteiger partial charge >= 0.3 is 11.9 Å². The molecule has 0 aliphatic heterocycles. The first-order valence-corrected chi connectivity index (χ1v) is 8.45. The summed E-state index contributed by atoms with van der Waals surface area (Å²) in [5.41, 5.74) is 0.271. The summed E-state index contributed by atoms with van der Waals surface area (Å²) < 4.78 is 9.29. The van der Waals surface area contributed by atoms with E-state index in [0.29, 0.717) is 0 Å². The highest BCUT2D eigenvalue weighted by molar-refractivity contribution is 6.57. The first kappa shape index (κ1) is 20.0. The number of esters is 2. The van der Waals surface area contributed by atoms with Crippen LogP contribution in [-0.4, -0.2) is 35.9 Å². The van der Waals surface area contributed by atoms with E-state index in [1.165, 1.54) is 12.2 Å². The van der Waals surface area contributed by atoms with Crippen molar-refractivity contribution >= 4 is 81.5 Å². The van der Waals surface area contributed by atoms with E-state index in [9.17, 15) is 9.59 Å². The van der Waals surface area contributed by atoms with Gasteiger partial charge in [-0.2, -0.15) is 0 Å². The summed E-state index contributed by atoms with van der Waals surface area (Å²) in [4.78, 5) is 20.2. The fourth-order valence-electron chi connectivity index (χ4n) is 2.22. The molecule has 0 radical (unpaired) electrons. The van der Waals surface area contributed by atoms with E-state index in [-0.39, 0.29) is 31.3 Å². The Bertz CT molecular complexity index is 765. The molecule has 2 atom stereocenters. The van der Waals surface area contributed by atoms with Crippen molar-refractivity contribution < 1.29 is 19.1 Å². The van der Waals surface area contributed by atoms with Crippen molar-refractivity contribution in [3.8, 4) is 0 Å². The Morgan fingerprint density at radius 2 is 1.46 bits per heavy atom. The molecule has 4 nitrogen and oxygen atoms in total. The zero-order valence-corrected chi connectivity index (χ0v) is 16.6. The van der Waals surface area contributed by atoms with Crippen LogP contribution in [-0.2, 0) is 19.1 Å².